The molecule has 0 amide bonds. The Hall–Kier alpha value is -0.860. The van der Waals surface area contributed by atoms with E-state index in [1.165, 1.54) is 17.5 Å². The van der Waals surface area contributed by atoms with Crippen LogP contribution in [0.2, 0.25) is 0 Å². The van der Waals surface area contributed by atoms with Gasteiger partial charge in [-0.2, -0.15) is 0 Å². The van der Waals surface area contributed by atoms with Gasteiger partial charge in [-0.1, -0.05) is 24.3 Å². The third-order valence-electron chi connectivity index (χ3n) is 3.14. The van der Waals surface area contributed by atoms with Crippen LogP contribution in [0.25, 0.3) is 0 Å². The van der Waals surface area contributed by atoms with Crippen molar-refractivity contribution >= 4 is 0 Å². The number of hydrogen-bond acceptors (Lipinski definition) is 2. The SMILES string of the molecule is N[C@H](CO)C1CCCc2ccccc21. The molecule has 3 N–H and O–H groups in total. The van der Waals surface area contributed by atoms with Crippen LogP contribution in [0.15, 0.2) is 24.3 Å². The number of aryl methyl sites for hydroxylation is 1. The van der Waals surface area contributed by atoms with Gasteiger partial charge in [-0.05, 0) is 30.4 Å². The number of aliphatic hydroxyl groups excluding tert-OH is 1. The average molecular weight is 191 g/mol. The molecular weight excluding hydrogens is 174 g/mol. The quantitative estimate of drug-likeness (QED) is 0.742. The summed E-state index contributed by atoms with van der Waals surface area (Å²) in [5.41, 5.74) is 8.67. The predicted molar refractivity (Wildman–Crippen MR) is 57.2 cm³/mol. The van der Waals surface area contributed by atoms with Crippen LogP contribution in [0.3, 0.4) is 0 Å². The Labute approximate surface area is 84.7 Å². The van der Waals surface area contributed by atoms with Crippen LogP contribution in [0.4, 0.5) is 0 Å². The topological polar surface area (TPSA) is 46.2 Å². The maximum absolute atomic E-state index is 9.09. The van der Waals surface area contributed by atoms with Crippen molar-refractivity contribution in [1.82, 2.24) is 0 Å². The minimum atomic E-state index is -0.101. The Bertz CT molecular complexity index is 311. The van der Waals surface area contributed by atoms with Crippen LogP contribution >= 0.6 is 0 Å². The van der Waals surface area contributed by atoms with Gasteiger partial charge in [0.1, 0.15) is 0 Å². The van der Waals surface area contributed by atoms with Gasteiger partial charge < -0.3 is 10.8 Å². The molecule has 0 saturated heterocycles. The monoisotopic (exact) mass is 191 g/mol. The first kappa shape index (κ1) is 9.69. The van der Waals surface area contributed by atoms with Crippen LogP contribution in [0.5, 0.6) is 0 Å². The van der Waals surface area contributed by atoms with Crippen molar-refractivity contribution in [2.45, 2.75) is 31.2 Å². The van der Waals surface area contributed by atoms with Crippen LogP contribution in [-0.4, -0.2) is 17.8 Å². The molecule has 1 unspecified atom stereocenters. The van der Waals surface area contributed by atoms with Gasteiger partial charge in [0.15, 0.2) is 0 Å². The number of hydrogen-bond donors (Lipinski definition) is 2. The van der Waals surface area contributed by atoms with Crippen molar-refractivity contribution in [3.63, 3.8) is 0 Å². The zero-order valence-corrected chi connectivity index (χ0v) is 8.32. The zero-order valence-electron chi connectivity index (χ0n) is 8.32. The van der Waals surface area contributed by atoms with E-state index in [2.05, 4.69) is 24.3 Å². The number of rotatable bonds is 2. The van der Waals surface area contributed by atoms with E-state index in [9.17, 15) is 0 Å². The summed E-state index contributed by atoms with van der Waals surface area (Å²) in [4.78, 5) is 0. The van der Waals surface area contributed by atoms with Gasteiger partial charge in [0, 0.05) is 12.0 Å². The summed E-state index contributed by atoms with van der Waals surface area (Å²) in [6.45, 7) is 0.0823. The maximum atomic E-state index is 9.09. The molecule has 0 aliphatic heterocycles. The molecule has 2 heteroatoms. The molecule has 0 aromatic heterocycles. The molecular formula is C12H17NO. The molecule has 0 heterocycles. The van der Waals surface area contributed by atoms with Crippen molar-refractivity contribution in [3.8, 4) is 0 Å². The van der Waals surface area contributed by atoms with Crippen LogP contribution < -0.4 is 5.73 Å². The molecule has 0 fully saturated rings. The van der Waals surface area contributed by atoms with Gasteiger partial charge in [0.25, 0.3) is 0 Å². The van der Waals surface area contributed by atoms with Gasteiger partial charge in [-0.3, -0.25) is 0 Å². The molecule has 0 bridgehead atoms. The standard InChI is InChI=1S/C12H17NO/c13-12(8-14)11-7-3-5-9-4-1-2-6-10(9)11/h1-2,4,6,11-12,14H,3,5,7-8,13H2/t11?,12-/m1/s1. The Kier molecular flexibility index (Phi) is 2.85. The molecule has 0 radical (unpaired) electrons. The Morgan fingerprint density at radius 2 is 2.21 bits per heavy atom. The third kappa shape index (κ3) is 1.68. The van der Waals surface area contributed by atoms with Crippen molar-refractivity contribution < 1.29 is 5.11 Å². The largest absolute Gasteiger partial charge is 0.395 e. The summed E-state index contributed by atoms with van der Waals surface area (Å²) in [5, 5.41) is 9.09. The fourth-order valence-electron chi connectivity index (χ4n) is 2.36. The summed E-state index contributed by atoms with van der Waals surface area (Å²) in [6, 6.07) is 8.35. The van der Waals surface area contributed by atoms with Crippen molar-refractivity contribution in [2.24, 2.45) is 5.73 Å². The minimum absolute atomic E-state index is 0.0823. The first-order chi connectivity index (χ1) is 6.83. The highest BCUT2D eigenvalue weighted by Gasteiger charge is 2.24. The molecule has 2 atom stereocenters. The minimum Gasteiger partial charge on any atom is -0.395 e. The van der Waals surface area contributed by atoms with Gasteiger partial charge in [0.05, 0.1) is 6.61 Å². The van der Waals surface area contributed by atoms with Gasteiger partial charge in [-0.15, -0.1) is 0 Å². The highest BCUT2D eigenvalue weighted by Crippen LogP contribution is 2.32. The van der Waals surface area contributed by atoms with E-state index in [-0.39, 0.29) is 12.6 Å². The lowest BCUT2D eigenvalue weighted by Crippen LogP contribution is -2.34. The van der Waals surface area contributed by atoms with Crippen LogP contribution in [-0.2, 0) is 6.42 Å². The number of nitrogens with two attached hydrogens (primary N) is 1. The van der Waals surface area contributed by atoms with Crippen molar-refractivity contribution in [2.75, 3.05) is 6.61 Å². The second kappa shape index (κ2) is 4.11. The summed E-state index contributed by atoms with van der Waals surface area (Å²) in [6.07, 6.45) is 3.46. The van der Waals surface area contributed by atoms with Crippen molar-refractivity contribution in [1.29, 1.82) is 0 Å². The fourth-order valence-corrected chi connectivity index (χ4v) is 2.36. The summed E-state index contributed by atoms with van der Waals surface area (Å²) in [5.74, 6) is 0.352. The molecule has 2 rings (SSSR count). The predicted octanol–water partition coefficient (Wildman–Crippen LogP) is 1.43. The van der Waals surface area contributed by atoms with Gasteiger partial charge in [0.2, 0.25) is 0 Å². The molecule has 1 aliphatic carbocycles. The van der Waals surface area contributed by atoms with Crippen LogP contribution in [0, 0.1) is 0 Å². The summed E-state index contributed by atoms with van der Waals surface area (Å²) >= 11 is 0. The average Bonchev–Trinajstić information content (AvgIpc) is 2.27. The Balaban J connectivity index is 2.30. The molecule has 14 heavy (non-hydrogen) atoms. The number of benzene rings is 1. The first-order valence-corrected chi connectivity index (χ1v) is 5.27. The smallest absolute Gasteiger partial charge is 0.0588 e. The molecule has 76 valence electrons. The molecule has 0 spiro atoms. The molecule has 1 aromatic rings. The van der Waals surface area contributed by atoms with E-state index < -0.39 is 0 Å². The molecule has 0 saturated carbocycles. The first-order valence-electron chi connectivity index (χ1n) is 5.27. The lowest BCUT2D eigenvalue weighted by Gasteiger charge is -2.29. The van der Waals surface area contributed by atoms with Crippen molar-refractivity contribution in [3.05, 3.63) is 35.4 Å². The highest BCUT2D eigenvalue weighted by atomic mass is 16.3. The highest BCUT2D eigenvalue weighted by molar-refractivity contribution is 5.33. The number of aliphatic hydroxyl groups is 1. The van der Waals surface area contributed by atoms with E-state index in [1.54, 1.807) is 0 Å². The zero-order chi connectivity index (χ0) is 9.97. The maximum Gasteiger partial charge on any atom is 0.0588 e. The van der Waals surface area contributed by atoms with E-state index in [4.69, 9.17) is 10.8 Å². The third-order valence-corrected chi connectivity index (χ3v) is 3.14. The molecule has 1 aliphatic rings. The molecule has 1 aromatic carbocycles. The van der Waals surface area contributed by atoms with E-state index in [0.29, 0.717) is 5.92 Å². The second-order valence-electron chi connectivity index (χ2n) is 4.04. The van der Waals surface area contributed by atoms with E-state index in [0.717, 1.165) is 12.8 Å². The van der Waals surface area contributed by atoms with Gasteiger partial charge >= 0.3 is 0 Å². The van der Waals surface area contributed by atoms with Crippen LogP contribution in [0.1, 0.15) is 29.9 Å². The lowest BCUT2D eigenvalue weighted by molar-refractivity contribution is 0.241. The number of fused-ring (bicyclic) bond motifs is 1. The van der Waals surface area contributed by atoms with E-state index in [1.807, 2.05) is 0 Å². The molecule has 2 nitrogen and oxygen atoms in total. The lowest BCUT2D eigenvalue weighted by atomic mass is 9.79. The second-order valence-corrected chi connectivity index (χ2v) is 4.04. The fraction of sp³-hybridized carbons (Fsp3) is 0.500. The Morgan fingerprint density at radius 3 is 3.00 bits per heavy atom. The normalized spacial score (nSPS) is 22.9. The summed E-state index contributed by atoms with van der Waals surface area (Å²) < 4.78 is 0. The Morgan fingerprint density at radius 1 is 1.43 bits per heavy atom. The van der Waals surface area contributed by atoms with E-state index >= 15 is 0 Å². The summed E-state index contributed by atoms with van der Waals surface area (Å²) in [7, 11) is 0. The van der Waals surface area contributed by atoms with Gasteiger partial charge in [-0.25, -0.2) is 0 Å².